The zero-order valence-electron chi connectivity index (χ0n) is 11.5. The molecule has 1 aromatic heterocycles. The minimum atomic E-state index is 0.376. The van der Waals surface area contributed by atoms with E-state index in [2.05, 4.69) is 23.7 Å². The van der Waals surface area contributed by atoms with E-state index in [4.69, 9.17) is 16.6 Å². The van der Waals surface area contributed by atoms with Crippen LogP contribution < -0.4 is 5.32 Å². The summed E-state index contributed by atoms with van der Waals surface area (Å²) in [5, 5.41) is 4.34. The summed E-state index contributed by atoms with van der Waals surface area (Å²) < 4.78 is 2.29. The number of halogens is 1. The van der Waals surface area contributed by atoms with Crippen molar-refractivity contribution >= 4 is 22.6 Å². The van der Waals surface area contributed by atoms with E-state index in [-0.39, 0.29) is 0 Å². The van der Waals surface area contributed by atoms with E-state index in [0.717, 1.165) is 34.8 Å². The van der Waals surface area contributed by atoms with Crippen LogP contribution in [0.2, 0.25) is 5.02 Å². The molecule has 0 spiro atoms. The third kappa shape index (κ3) is 2.37. The van der Waals surface area contributed by atoms with Gasteiger partial charge in [0.25, 0.3) is 0 Å². The van der Waals surface area contributed by atoms with Gasteiger partial charge in [-0.3, -0.25) is 0 Å². The standard InChI is InChI=1S/C15H20ClN3/c1-10(2)19-14(9-11-5-4-8-17-11)18-13-7-3-6-12(16)15(13)19/h3,6-7,10-11,17H,4-5,8-9H2,1-2H3. The van der Waals surface area contributed by atoms with Crippen LogP contribution >= 0.6 is 11.6 Å². The molecule has 4 heteroatoms. The van der Waals surface area contributed by atoms with Gasteiger partial charge in [0.15, 0.2) is 0 Å². The number of para-hydroxylation sites is 1. The van der Waals surface area contributed by atoms with Gasteiger partial charge in [0.05, 0.1) is 16.1 Å². The maximum absolute atomic E-state index is 6.36. The van der Waals surface area contributed by atoms with E-state index in [9.17, 15) is 0 Å². The summed E-state index contributed by atoms with van der Waals surface area (Å²) in [6.07, 6.45) is 3.51. The Morgan fingerprint density at radius 3 is 3.00 bits per heavy atom. The first-order chi connectivity index (χ1) is 9.16. The van der Waals surface area contributed by atoms with Crippen molar-refractivity contribution in [2.75, 3.05) is 6.54 Å². The Morgan fingerprint density at radius 2 is 2.32 bits per heavy atom. The normalized spacial score (nSPS) is 19.7. The molecule has 1 N–H and O–H groups in total. The highest BCUT2D eigenvalue weighted by molar-refractivity contribution is 6.35. The van der Waals surface area contributed by atoms with Crippen LogP contribution in [0.15, 0.2) is 18.2 Å². The Labute approximate surface area is 119 Å². The van der Waals surface area contributed by atoms with Gasteiger partial charge in [-0.25, -0.2) is 4.98 Å². The third-order valence-corrected chi connectivity index (χ3v) is 4.15. The molecule has 0 radical (unpaired) electrons. The number of nitrogens with zero attached hydrogens (tertiary/aromatic N) is 2. The molecule has 2 aromatic rings. The Hall–Kier alpha value is -1.06. The van der Waals surface area contributed by atoms with Crippen molar-refractivity contribution in [2.45, 2.75) is 45.2 Å². The summed E-state index contributed by atoms with van der Waals surface area (Å²) in [5.41, 5.74) is 2.08. The monoisotopic (exact) mass is 277 g/mol. The van der Waals surface area contributed by atoms with Crippen molar-refractivity contribution in [2.24, 2.45) is 0 Å². The van der Waals surface area contributed by atoms with Gasteiger partial charge in [0, 0.05) is 18.5 Å². The van der Waals surface area contributed by atoms with Gasteiger partial charge in [-0.15, -0.1) is 0 Å². The number of aromatic nitrogens is 2. The van der Waals surface area contributed by atoms with Crippen molar-refractivity contribution in [3.8, 4) is 0 Å². The number of hydrogen-bond acceptors (Lipinski definition) is 2. The number of nitrogens with one attached hydrogen (secondary N) is 1. The molecule has 0 saturated carbocycles. The van der Waals surface area contributed by atoms with Gasteiger partial charge in [-0.1, -0.05) is 17.7 Å². The number of rotatable bonds is 3. The van der Waals surface area contributed by atoms with E-state index >= 15 is 0 Å². The molecule has 1 fully saturated rings. The first kappa shape index (κ1) is 12.9. The molecule has 1 aliphatic rings. The highest BCUT2D eigenvalue weighted by Crippen LogP contribution is 2.28. The van der Waals surface area contributed by atoms with Crippen molar-refractivity contribution in [1.82, 2.24) is 14.9 Å². The second-order valence-electron chi connectivity index (χ2n) is 5.60. The zero-order valence-corrected chi connectivity index (χ0v) is 12.2. The molecule has 1 aliphatic heterocycles. The molecule has 1 atom stereocenters. The predicted molar refractivity (Wildman–Crippen MR) is 79.9 cm³/mol. The Balaban J connectivity index is 2.07. The fraction of sp³-hybridized carbons (Fsp3) is 0.533. The molecular formula is C15H20ClN3. The second kappa shape index (κ2) is 5.14. The molecule has 2 heterocycles. The molecule has 1 aromatic carbocycles. The minimum absolute atomic E-state index is 0.376. The fourth-order valence-corrected chi connectivity index (χ4v) is 3.27. The molecule has 0 amide bonds. The van der Waals surface area contributed by atoms with Crippen LogP contribution in [0.25, 0.3) is 11.0 Å². The molecule has 1 saturated heterocycles. The fourth-order valence-electron chi connectivity index (χ4n) is 3.01. The largest absolute Gasteiger partial charge is 0.324 e. The van der Waals surface area contributed by atoms with E-state index < -0.39 is 0 Å². The zero-order chi connectivity index (χ0) is 13.4. The SMILES string of the molecule is CC(C)n1c(CC2CCCN2)nc2cccc(Cl)c21. The maximum atomic E-state index is 6.36. The average molecular weight is 278 g/mol. The molecule has 102 valence electrons. The number of fused-ring (bicyclic) bond motifs is 1. The van der Waals surface area contributed by atoms with Crippen LogP contribution in [0.3, 0.4) is 0 Å². The molecule has 0 bridgehead atoms. The molecule has 19 heavy (non-hydrogen) atoms. The Morgan fingerprint density at radius 1 is 1.47 bits per heavy atom. The molecule has 0 aliphatic carbocycles. The molecule has 3 rings (SSSR count). The molecular weight excluding hydrogens is 258 g/mol. The Bertz CT molecular complexity index is 582. The number of hydrogen-bond donors (Lipinski definition) is 1. The van der Waals surface area contributed by atoms with Crippen LogP contribution in [0, 0.1) is 0 Å². The predicted octanol–water partition coefficient (Wildman–Crippen LogP) is 3.57. The van der Waals surface area contributed by atoms with Crippen molar-refractivity contribution in [3.63, 3.8) is 0 Å². The van der Waals surface area contributed by atoms with Gasteiger partial charge >= 0.3 is 0 Å². The van der Waals surface area contributed by atoms with Gasteiger partial charge in [0.1, 0.15) is 5.82 Å². The summed E-state index contributed by atoms with van der Waals surface area (Å²) in [6, 6.07) is 6.91. The lowest BCUT2D eigenvalue weighted by molar-refractivity contribution is 0.530. The summed E-state index contributed by atoms with van der Waals surface area (Å²) >= 11 is 6.36. The van der Waals surface area contributed by atoms with Crippen LogP contribution in [0.4, 0.5) is 0 Å². The van der Waals surface area contributed by atoms with Crippen molar-refractivity contribution < 1.29 is 0 Å². The van der Waals surface area contributed by atoms with Gasteiger partial charge < -0.3 is 9.88 Å². The molecule has 1 unspecified atom stereocenters. The third-order valence-electron chi connectivity index (χ3n) is 3.84. The lowest BCUT2D eigenvalue weighted by Crippen LogP contribution is -2.25. The average Bonchev–Trinajstić information content (AvgIpc) is 2.97. The summed E-state index contributed by atoms with van der Waals surface area (Å²) in [7, 11) is 0. The minimum Gasteiger partial charge on any atom is -0.324 e. The lowest BCUT2D eigenvalue weighted by atomic mass is 10.1. The van der Waals surface area contributed by atoms with Crippen LogP contribution in [-0.2, 0) is 6.42 Å². The van der Waals surface area contributed by atoms with Gasteiger partial charge in [-0.2, -0.15) is 0 Å². The topological polar surface area (TPSA) is 29.9 Å². The second-order valence-corrected chi connectivity index (χ2v) is 6.00. The van der Waals surface area contributed by atoms with Crippen LogP contribution in [0.5, 0.6) is 0 Å². The van der Waals surface area contributed by atoms with E-state index in [1.165, 1.54) is 12.8 Å². The van der Waals surface area contributed by atoms with Gasteiger partial charge in [0.2, 0.25) is 0 Å². The highest BCUT2D eigenvalue weighted by atomic mass is 35.5. The van der Waals surface area contributed by atoms with Crippen molar-refractivity contribution in [3.05, 3.63) is 29.0 Å². The molecule has 3 nitrogen and oxygen atoms in total. The number of imidazole rings is 1. The summed E-state index contributed by atoms with van der Waals surface area (Å²) in [5.74, 6) is 1.15. The Kier molecular flexibility index (Phi) is 3.50. The van der Waals surface area contributed by atoms with E-state index in [1.54, 1.807) is 0 Å². The summed E-state index contributed by atoms with van der Waals surface area (Å²) in [6.45, 7) is 5.51. The smallest absolute Gasteiger partial charge is 0.111 e. The first-order valence-corrected chi connectivity index (χ1v) is 7.43. The van der Waals surface area contributed by atoms with Crippen molar-refractivity contribution in [1.29, 1.82) is 0 Å². The number of benzene rings is 1. The first-order valence-electron chi connectivity index (χ1n) is 7.05. The van der Waals surface area contributed by atoms with E-state index in [0.29, 0.717) is 12.1 Å². The quantitative estimate of drug-likeness (QED) is 0.930. The maximum Gasteiger partial charge on any atom is 0.111 e. The highest BCUT2D eigenvalue weighted by Gasteiger charge is 2.21. The van der Waals surface area contributed by atoms with E-state index in [1.807, 2.05) is 18.2 Å². The summed E-state index contributed by atoms with van der Waals surface area (Å²) in [4.78, 5) is 4.80. The van der Waals surface area contributed by atoms with Crippen LogP contribution in [0.1, 0.15) is 38.6 Å². The lowest BCUT2D eigenvalue weighted by Gasteiger charge is -2.16. The van der Waals surface area contributed by atoms with Crippen LogP contribution in [-0.4, -0.2) is 22.1 Å². The van der Waals surface area contributed by atoms with Gasteiger partial charge in [-0.05, 0) is 45.4 Å².